The molecule has 2 fully saturated rings. The largest absolute Gasteiger partial charge is 0.393 e. The Balaban J connectivity index is 1.32. The van der Waals surface area contributed by atoms with Gasteiger partial charge in [0, 0.05) is 11.1 Å². The number of hydrogen-bond donors (Lipinski definition) is 3. The zero-order valence-electron chi connectivity index (χ0n) is 19.4. The summed E-state index contributed by atoms with van der Waals surface area (Å²) in [7, 11) is -3.62. The van der Waals surface area contributed by atoms with Gasteiger partial charge in [-0.05, 0) is 87.2 Å². The average molecular weight is 457 g/mol. The fraction of sp³-hybridized carbons (Fsp3) is 0.615. The molecule has 0 radical (unpaired) electrons. The molecule has 1 aromatic rings. The normalized spacial score (nSPS) is 38.8. The standard InChI is InChI=1S/C26H36N2O3S/c1-17-4-7-20(8-5-17)32(30,31)28-27-24-11-10-22-21-9-6-18-16-19(29)12-14-25(18,2)23(21)13-15-26(22,24)3/h4-8,11,19,21-23,27-29H,9-10,12-16H2,1-3H3. The number of aliphatic hydroxyl groups is 1. The predicted molar refractivity (Wildman–Crippen MR) is 126 cm³/mol. The van der Waals surface area contributed by atoms with E-state index in [1.54, 1.807) is 12.1 Å². The molecule has 4 aliphatic rings. The number of hydrazine groups is 1. The van der Waals surface area contributed by atoms with Crippen LogP contribution < -0.4 is 10.3 Å². The van der Waals surface area contributed by atoms with Crippen LogP contribution in [0.1, 0.15) is 64.4 Å². The number of rotatable bonds is 4. The summed E-state index contributed by atoms with van der Waals surface area (Å²) in [4.78, 5) is 2.91. The second-order valence-electron chi connectivity index (χ2n) is 11.0. The smallest absolute Gasteiger partial charge is 0.257 e. The van der Waals surface area contributed by atoms with Crippen LogP contribution in [0.3, 0.4) is 0 Å². The lowest BCUT2D eigenvalue weighted by atomic mass is 9.48. The molecule has 6 atom stereocenters. The molecular formula is C26H36N2O3S. The first-order chi connectivity index (χ1) is 15.1. The molecule has 0 bridgehead atoms. The molecule has 3 N–H and O–H groups in total. The molecule has 4 aliphatic carbocycles. The van der Waals surface area contributed by atoms with Crippen LogP contribution in [0, 0.1) is 35.5 Å². The van der Waals surface area contributed by atoms with E-state index in [4.69, 9.17) is 0 Å². The molecule has 0 aliphatic heterocycles. The van der Waals surface area contributed by atoms with Crippen LogP contribution in [-0.4, -0.2) is 19.6 Å². The fourth-order valence-corrected chi connectivity index (χ4v) is 8.16. The van der Waals surface area contributed by atoms with Gasteiger partial charge in [-0.25, -0.2) is 8.42 Å². The summed E-state index contributed by atoms with van der Waals surface area (Å²) in [5.41, 5.74) is 6.84. The summed E-state index contributed by atoms with van der Waals surface area (Å²) < 4.78 is 25.6. The molecule has 5 rings (SSSR count). The summed E-state index contributed by atoms with van der Waals surface area (Å²) in [5.74, 6) is 1.79. The predicted octanol–water partition coefficient (Wildman–Crippen LogP) is 4.60. The molecule has 32 heavy (non-hydrogen) atoms. The van der Waals surface area contributed by atoms with Crippen molar-refractivity contribution in [3.05, 3.63) is 53.3 Å². The maximum atomic E-state index is 12.8. The Morgan fingerprint density at radius 2 is 1.69 bits per heavy atom. The lowest BCUT2D eigenvalue weighted by Gasteiger charge is -2.57. The Morgan fingerprint density at radius 3 is 2.44 bits per heavy atom. The number of benzene rings is 1. The van der Waals surface area contributed by atoms with Crippen molar-refractivity contribution < 1.29 is 13.5 Å². The van der Waals surface area contributed by atoms with Gasteiger partial charge in [0.25, 0.3) is 10.0 Å². The Morgan fingerprint density at radius 1 is 0.969 bits per heavy atom. The van der Waals surface area contributed by atoms with E-state index >= 15 is 0 Å². The number of aliphatic hydroxyl groups excluding tert-OH is 1. The molecular weight excluding hydrogens is 420 g/mol. The van der Waals surface area contributed by atoms with Crippen LogP contribution in [0.2, 0.25) is 0 Å². The van der Waals surface area contributed by atoms with Crippen molar-refractivity contribution >= 4 is 10.0 Å². The number of sulfonamides is 1. The van der Waals surface area contributed by atoms with E-state index in [9.17, 15) is 13.5 Å². The zero-order chi connectivity index (χ0) is 22.7. The highest BCUT2D eigenvalue weighted by atomic mass is 32.2. The van der Waals surface area contributed by atoms with Gasteiger partial charge in [0.15, 0.2) is 0 Å². The van der Waals surface area contributed by atoms with E-state index in [1.165, 1.54) is 5.57 Å². The Kier molecular flexibility index (Phi) is 5.34. The molecule has 174 valence electrons. The van der Waals surface area contributed by atoms with Crippen LogP contribution in [-0.2, 0) is 10.0 Å². The van der Waals surface area contributed by atoms with Gasteiger partial charge in [-0.2, -0.15) is 0 Å². The molecule has 1 aromatic carbocycles. The SMILES string of the molecule is Cc1ccc(S(=O)(=O)NNC2=CCC3C4CC=C5CC(O)CCC5(C)C4CCC23C)cc1. The minimum Gasteiger partial charge on any atom is -0.393 e. The highest BCUT2D eigenvalue weighted by molar-refractivity contribution is 7.89. The highest BCUT2D eigenvalue weighted by Crippen LogP contribution is 2.64. The van der Waals surface area contributed by atoms with E-state index in [1.807, 2.05) is 19.1 Å². The zero-order valence-corrected chi connectivity index (χ0v) is 20.2. The molecule has 5 nitrogen and oxygen atoms in total. The van der Waals surface area contributed by atoms with Crippen LogP contribution >= 0.6 is 0 Å². The number of fused-ring (bicyclic) bond motifs is 5. The van der Waals surface area contributed by atoms with E-state index < -0.39 is 10.0 Å². The third-order valence-corrected chi connectivity index (χ3v) is 10.6. The first-order valence-corrected chi connectivity index (χ1v) is 13.5. The summed E-state index contributed by atoms with van der Waals surface area (Å²) in [6, 6.07) is 6.92. The Hall–Kier alpha value is -1.63. The second kappa shape index (κ2) is 7.71. The average Bonchev–Trinajstić information content (AvgIpc) is 3.09. The Labute approximate surface area is 192 Å². The van der Waals surface area contributed by atoms with Crippen molar-refractivity contribution in [2.75, 3.05) is 0 Å². The minimum absolute atomic E-state index is 0.0349. The molecule has 0 amide bonds. The van der Waals surface area contributed by atoms with Crippen molar-refractivity contribution in [1.82, 2.24) is 10.3 Å². The van der Waals surface area contributed by atoms with Crippen molar-refractivity contribution in [2.45, 2.75) is 76.7 Å². The van der Waals surface area contributed by atoms with Crippen LogP contribution in [0.15, 0.2) is 52.6 Å². The molecule has 0 spiro atoms. The maximum absolute atomic E-state index is 12.8. The summed E-state index contributed by atoms with van der Waals surface area (Å²) in [6.45, 7) is 6.69. The summed E-state index contributed by atoms with van der Waals surface area (Å²) in [6.07, 6.45) is 11.6. The van der Waals surface area contributed by atoms with Gasteiger partial charge < -0.3 is 10.5 Å². The third-order valence-electron chi connectivity index (χ3n) is 9.31. The van der Waals surface area contributed by atoms with Gasteiger partial charge in [0.2, 0.25) is 0 Å². The van der Waals surface area contributed by atoms with Gasteiger partial charge in [0.1, 0.15) is 0 Å². The summed E-state index contributed by atoms with van der Waals surface area (Å²) in [5, 5.41) is 10.2. The molecule has 2 saturated carbocycles. The van der Waals surface area contributed by atoms with Gasteiger partial charge in [-0.3, -0.25) is 0 Å². The van der Waals surface area contributed by atoms with Crippen molar-refractivity contribution in [3.8, 4) is 0 Å². The molecule has 0 saturated heterocycles. The fourth-order valence-electron chi connectivity index (χ4n) is 7.30. The highest BCUT2D eigenvalue weighted by Gasteiger charge is 2.56. The van der Waals surface area contributed by atoms with Gasteiger partial charge >= 0.3 is 0 Å². The van der Waals surface area contributed by atoms with Crippen molar-refractivity contribution in [1.29, 1.82) is 0 Å². The molecule has 0 heterocycles. The third kappa shape index (κ3) is 3.46. The van der Waals surface area contributed by atoms with E-state index in [-0.39, 0.29) is 21.8 Å². The van der Waals surface area contributed by atoms with Crippen LogP contribution in [0.5, 0.6) is 0 Å². The minimum atomic E-state index is -3.62. The summed E-state index contributed by atoms with van der Waals surface area (Å²) >= 11 is 0. The molecule has 6 heteroatoms. The molecule has 6 unspecified atom stereocenters. The lowest BCUT2D eigenvalue weighted by molar-refractivity contribution is -0.0311. The second-order valence-corrected chi connectivity index (χ2v) is 12.7. The lowest BCUT2D eigenvalue weighted by Crippen LogP contribution is -2.51. The number of aryl methyl sites for hydroxylation is 1. The van der Waals surface area contributed by atoms with Crippen molar-refractivity contribution in [3.63, 3.8) is 0 Å². The van der Waals surface area contributed by atoms with Crippen molar-refractivity contribution in [2.24, 2.45) is 28.6 Å². The number of allylic oxidation sites excluding steroid dienone is 3. The van der Waals surface area contributed by atoms with Gasteiger partial charge in [0.05, 0.1) is 11.0 Å². The Bertz CT molecular complexity index is 1060. The first-order valence-electron chi connectivity index (χ1n) is 12.1. The maximum Gasteiger partial charge on any atom is 0.257 e. The molecule has 0 aromatic heterocycles. The van der Waals surface area contributed by atoms with Crippen LogP contribution in [0.25, 0.3) is 0 Å². The first kappa shape index (κ1) is 22.2. The monoisotopic (exact) mass is 456 g/mol. The van der Waals surface area contributed by atoms with Gasteiger partial charge in [-0.15, -0.1) is 4.83 Å². The van der Waals surface area contributed by atoms with Gasteiger partial charge in [-0.1, -0.05) is 49.3 Å². The van der Waals surface area contributed by atoms with E-state index in [0.29, 0.717) is 17.8 Å². The topological polar surface area (TPSA) is 78.4 Å². The number of nitrogens with one attached hydrogen (secondary N) is 2. The van der Waals surface area contributed by atoms with Crippen LogP contribution in [0.4, 0.5) is 0 Å². The quantitative estimate of drug-likeness (QED) is 0.457. The number of hydrogen-bond acceptors (Lipinski definition) is 4. The van der Waals surface area contributed by atoms with E-state index in [0.717, 1.165) is 56.2 Å². The van der Waals surface area contributed by atoms with E-state index in [2.05, 4.69) is 36.3 Å².